The standard InChI is InChI=1S/C23H32N6O5/c1-15-4-5-18-10-19(15)34-9-7-24-20(31)14-29(13-17-11-26-28(3)12-17)8-6-25-23(33)21(16(2)30)27-22(18)32/h4-5,10-12,16,21,30H,6-9,13-14H2,1-3H3,(H,24,31)(H,25,33)(H,27,32)/t16-,21+/m1/s1. The number of aromatic nitrogens is 2. The van der Waals surface area contributed by atoms with Crippen molar-refractivity contribution in [3.8, 4) is 5.75 Å². The van der Waals surface area contributed by atoms with E-state index in [0.717, 1.165) is 11.1 Å². The quantitative estimate of drug-likeness (QED) is 0.465. The second-order valence-electron chi connectivity index (χ2n) is 8.39. The van der Waals surface area contributed by atoms with Crippen molar-refractivity contribution in [1.29, 1.82) is 0 Å². The molecule has 11 nitrogen and oxygen atoms in total. The minimum absolute atomic E-state index is 0.121. The number of ether oxygens (including phenoxy) is 1. The predicted molar refractivity (Wildman–Crippen MR) is 124 cm³/mol. The van der Waals surface area contributed by atoms with Crippen molar-refractivity contribution in [1.82, 2.24) is 30.6 Å². The van der Waals surface area contributed by atoms with Gasteiger partial charge in [0.15, 0.2) is 0 Å². The van der Waals surface area contributed by atoms with E-state index in [2.05, 4.69) is 21.0 Å². The SMILES string of the molecule is Cc1ccc2cc1OCCNC(=O)CN(Cc1cnn(C)c1)CCNC(=O)[C@H]([C@@H](C)O)NC2=O. The van der Waals surface area contributed by atoms with Crippen LogP contribution in [0.25, 0.3) is 0 Å². The molecular formula is C23H32N6O5. The highest BCUT2D eigenvalue weighted by Crippen LogP contribution is 2.20. The first-order valence-electron chi connectivity index (χ1n) is 11.2. The van der Waals surface area contributed by atoms with Crippen LogP contribution >= 0.6 is 0 Å². The minimum atomic E-state index is -1.14. The average Bonchev–Trinajstić information content (AvgIpc) is 3.19. The smallest absolute Gasteiger partial charge is 0.252 e. The fourth-order valence-electron chi connectivity index (χ4n) is 3.61. The van der Waals surface area contributed by atoms with Crippen LogP contribution in [-0.4, -0.2) is 82.4 Å². The number of hydrogen-bond acceptors (Lipinski definition) is 7. The number of aliphatic hydroxyl groups excluding tert-OH is 1. The van der Waals surface area contributed by atoms with Crippen molar-refractivity contribution in [2.75, 3.05) is 32.8 Å². The molecule has 2 heterocycles. The first-order valence-corrected chi connectivity index (χ1v) is 11.2. The Hall–Kier alpha value is -3.44. The molecule has 0 saturated carbocycles. The molecule has 0 spiro atoms. The number of rotatable bonds is 3. The van der Waals surface area contributed by atoms with Gasteiger partial charge in [-0.05, 0) is 31.5 Å². The summed E-state index contributed by atoms with van der Waals surface area (Å²) in [6, 6.07) is 3.81. The number of fused-ring (bicyclic) bond motifs is 2. The third-order valence-electron chi connectivity index (χ3n) is 5.44. The molecule has 2 bridgehead atoms. The molecule has 1 aromatic carbocycles. The van der Waals surface area contributed by atoms with Crippen LogP contribution < -0.4 is 20.7 Å². The Morgan fingerprint density at radius 1 is 1.24 bits per heavy atom. The maximum Gasteiger partial charge on any atom is 0.252 e. The van der Waals surface area contributed by atoms with Crippen LogP contribution in [0.1, 0.15) is 28.4 Å². The summed E-state index contributed by atoms with van der Waals surface area (Å²) in [5.41, 5.74) is 2.06. The van der Waals surface area contributed by atoms with Gasteiger partial charge in [0.05, 0.1) is 25.4 Å². The zero-order valence-electron chi connectivity index (χ0n) is 19.7. The van der Waals surface area contributed by atoms with Crippen LogP contribution in [0.15, 0.2) is 30.6 Å². The summed E-state index contributed by atoms with van der Waals surface area (Å²) in [4.78, 5) is 39.9. The van der Waals surface area contributed by atoms with Gasteiger partial charge in [-0.25, -0.2) is 0 Å². The summed E-state index contributed by atoms with van der Waals surface area (Å²) >= 11 is 0. The summed E-state index contributed by atoms with van der Waals surface area (Å²) in [5, 5.41) is 22.5. The molecule has 2 atom stereocenters. The van der Waals surface area contributed by atoms with Gasteiger partial charge in [-0.1, -0.05) is 6.07 Å². The van der Waals surface area contributed by atoms with E-state index < -0.39 is 24.0 Å². The topological polar surface area (TPSA) is 138 Å². The molecule has 0 radical (unpaired) electrons. The van der Waals surface area contributed by atoms with E-state index in [0.29, 0.717) is 30.9 Å². The molecule has 3 rings (SSSR count). The van der Waals surface area contributed by atoms with E-state index in [1.807, 2.05) is 25.1 Å². The van der Waals surface area contributed by atoms with E-state index in [9.17, 15) is 19.5 Å². The number of amides is 3. The molecule has 11 heteroatoms. The summed E-state index contributed by atoms with van der Waals surface area (Å²) in [5.74, 6) is -0.682. The van der Waals surface area contributed by atoms with Gasteiger partial charge < -0.3 is 25.8 Å². The Balaban J connectivity index is 1.78. The van der Waals surface area contributed by atoms with Crippen LogP contribution in [0.5, 0.6) is 5.75 Å². The van der Waals surface area contributed by atoms with Crippen LogP contribution in [0, 0.1) is 6.92 Å². The van der Waals surface area contributed by atoms with E-state index in [1.165, 1.54) is 6.92 Å². The van der Waals surface area contributed by atoms with E-state index in [1.54, 1.807) is 29.1 Å². The number of carbonyl (C=O) groups is 3. The zero-order valence-corrected chi connectivity index (χ0v) is 19.7. The molecule has 1 aliphatic rings. The summed E-state index contributed by atoms with van der Waals surface area (Å²) in [6.45, 7) is 5.02. The monoisotopic (exact) mass is 472 g/mol. The Morgan fingerprint density at radius 3 is 2.74 bits per heavy atom. The van der Waals surface area contributed by atoms with Crippen molar-refractivity contribution in [2.45, 2.75) is 32.5 Å². The molecule has 0 saturated heterocycles. The lowest BCUT2D eigenvalue weighted by Gasteiger charge is -2.24. The predicted octanol–water partition coefficient (Wildman–Crippen LogP) is -0.665. The first-order chi connectivity index (χ1) is 16.2. The molecule has 4 N–H and O–H groups in total. The number of nitrogens with zero attached hydrogens (tertiary/aromatic N) is 3. The molecule has 34 heavy (non-hydrogen) atoms. The number of nitrogens with one attached hydrogen (secondary N) is 3. The second-order valence-corrected chi connectivity index (χ2v) is 8.39. The maximum absolute atomic E-state index is 12.8. The maximum atomic E-state index is 12.8. The van der Waals surface area contributed by atoms with Gasteiger partial charge in [0.1, 0.15) is 18.4 Å². The lowest BCUT2D eigenvalue weighted by molar-refractivity contribution is -0.125. The minimum Gasteiger partial charge on any atom is -0.491 e. The van der Waals surface area contributed by atoms with Gasteiger partial charge in [-0.2, -0.15) is 5.10 Å². The fourth-order valence-corrected chi connectivity index (χ4v) is 3.61. The Labute approximate surface area is 198 Å². The lowest BCUT2D eigenvalue weighted by atomic mass is 10.1. The third kappa shape index (κ3) is 7.03. The fraction of sp³-hybridized carbons (Fsp3) is 0.478. The van der Waals surface area contributed by atoms with Crippen molar-refractivity contribution >= 4 is 17.7 Å². The summed E-state index contributed by atoms with van der Waals surface area (Å²) in [6.07, 6.45) is 2.48. The molecule has 2 aromatic rings. The largest absolute Gasteiger partial charge is 0.491 e. The second kappa shape index (κ2) is 11.6. The Kier molecular flexibility index (Phi) is 8.61. The van der Waals surface area contributed by atoms with Gasteiger partial charge in [0.2, 0.25) is 11.8 Å². The number of aliphatic hydroxyl groups is 1. The normalized spacial score (nSPS) is 19.9. The van der Waals surface area contributed by atoms with Gasteiger partial charge in [0.25, 0.3) is 5.91 Å². The van der Waals surface area contributed by atoms with Gasteiger partial charge in [-0.15, -0.1) is 0 Å². The van der Waals surface area contributed by atoms with Gasteiger partial charge >= 0.3 is 0 Å². The average molecular weight is 473 g/mol. The molecule has 0 fully saturated rings. The van der Waals surface area contributed by atoms with Crippen molar-refractivity contribution in [2.24, 2.45) is 7.05 Å². The zero-order chi connectivity index (χ0) is 24.7. The lowest BCUT2D eigenvalue weighted by Crippen LogP contribution is -2.53. The number of aryl methyl sites for hydroxylation is 2. The summed E-state index contributed by atoms with van der Waals surface area (Å²) < 4.78 is 7.45. The third-order valence-corrected chi connectivity index (χ3v) is 5.44. The van der Waals surface area contributed by atoms with Crippen molar-refractivity contribution < 1.29 is 24.2 Å². The molecule has 0 unspecified atom stereocenters. The highest BCUT2D eigenvalue weighted by Gasteiger charge is 2.26. The Bertz CT molecular complexity index is 1020. The molecule has 1 aromatic heterocycles. The highest BCUT2D eigenvalue weighted by atomic mass is 16.5. The first kappa shape index (κ1) is 25.2. The number of benzene rings is 1. The van der Waals surface area contributed by atoms with Gasteiger partial charge in [-0.3, -0.25) is 24.0 Å². The Morgan fingerprint density at radius 2 is 2.03 bits per heavy atom. The van der Waals surface area contributed by atoms with Crippen LogP contribution in [0.2, 0.25) is 0 Å². The van der Waals surface area contributed by atoms with E-state index in [-0.39, 0.29) is 25.6 Å². The van der Waals surface area contributed by atoms with Crippen molar-refractivity contribution in [3.63, 3.8) is 0 Å². The molecule has 3 amide bonds. The van der Waals surface area contributed by atoms with Gasteiger partial charge in [0, 0.05) is 44.0 Å². The van der Waals surface area contributed by atoms with Crippen LogP contribution in [0.4, 0.5) is 0 Å². The highest BCUT2D eigenvalue weighted by molar-refractivity contribution is 5.98. The number of carbonyl (C=O) groups excluding carboxylic acids is 3. The molecule has 184 valence electrons. The van der Waals surface area contributed by atoms with E-state index in [4.69, 9.17) is 4.74 Å². The van der Waals surface area contributed by atoms with Crippen molar-refractivity contribution in [3.05, 3.63) is 47.3 Å². The van der Waals surface area contributed by atoms with E-state index >= 15 is 0 Å². The number of hydrogen-bond donors (Lipinski definition) is 4. The molecule has 0 aliphatic carbocycles. The van der Waals surface area contributed by atoms with Crippen LogP contribution in [-0.2, 0) is 23.2 Å². The summed E-state index contributed by atoms with van der Waals surface area (Å²) in [7, 11) is 1.81. The molecule has 1 aliphatic heterocycles. The van der Waals surface area contributed by atoms with Crippen LogP contribution in [0.3, 0.4) is 0 Å². The molecular weight excluding hydrogens is 440 g/mol.